The van der Waals surface area contributed by atoms with Crippen LogP contribution in [0.5, 0.6) is 5.75 Å². The van der Waals surface area contributed by atoms with Crippen LogP contribution in [0.3, 0.4) is 0 Å². The van der Waals surface area contributed by atoms with Crippen molar-refractivity contribution in [1.29, 1.82) is 0 Å². The lowest BCUT2D eigenvalue weighted by Crippen LogP contribution is -2.27. The van der Waals surface area contributed by atoms with Gasteiger partial charge in [-0.3, -0.25) is 10.1 Å². The van der Waals surface area contributed by atoms with Gasteiger partial charge in [-0.1, -0.05) is 30.3 Å². The van der Waals surface area contributed by atoms with Crippen LogP contribution in [-0.2, 0) is 10.0 Å². The predicted molar refractivity (Wildman–Crippen MR) is 115 cm³/mol. The van der Waals surface area contributed by atoms with Crippen molar-refractivity contribution in [2.24, 2.45) is 5.10 Å². The zero-order valence-corrected chi connectivity index (χ0v) is 17.4. The first-order valence-electron chi connectivity index (χ1n) is 9.46. The summed E-state index contributed by atoms with van der Waals surface area (Å²) in [5.41, 5.74) is 1.72. The maximum atomic E-state index is 13.4. The van der Waals surface area contributed by atoms with Gasteiger partial charge in [0.25, 0.3) is 15.7 Å². The van der Waals surface area contributed by atoms with E-state index >= 15 is 0 Å². The Morgan fingerprint density at radius 3 is 2.39 bits per heavy atom. The minimum absolute atomic E-state index is 0.102. The van der Waals surface area contributed by atoms with Crippen molar-refractivity contribution in [1.82, 2.24) is 4.41 Å². The normalized spacial score (nSPS) is 16.1. The van der Waals surface area contributed by atoms with Gasteiger partial charge >= 0.3 is 0 Å². The Kier molecular flexibility index (Phi) is 5.43. The summed E-state index contributed by atoms with van der Waals surface area (Å²) >= 11 is 0. The minimum atomic E-state index is -3.97. The molecular weight excluding hydrogens is 418 g/mol. The third-order valence-corrected chi connectivity index (χ3v) is 6.75. The lowest BCUT2D eigenvalue weighted by atomic mass is 9.99. The fourth-order valence-electron chi connectivity index (χ4n) is 3.46. The highest BCUT2D eigenvalue weighted by Crippen LogP contribution is 2.38. The fraction of sp³-hybridized carbons (Fsp3) is 0.136. The monoisotopic (exact) mass is 437 g/mol. The highest BCUT2D eigenvalue weighted by molar-refractivity contribution is 7.89. The second-order valence-electron chi connectivity index (χ2n) is 6.94. The summed E-state index contributed by atoms with van der Waals surface area (Å²) < 4.78 is 33.0. The van der Waals surface area contributed by atoms with Gasteiger partial charge in [0.2, 0.25) is 0 Å². The zero-order chi connectivity index (χ0) is 22.0. The van der Waals surface area contributed by atoms with E-state index in [1.165, 1.54) is 24.3 Å². The molecule has 3 aromatic carbocycles. The molecule has 0 N–H and O–H groups in total. The van der Waals surface area contributed by atoms with E-state index < -0.39 is 21.0 Å². The number of ether oxygens (including phenoxy) is 1. The van der Waals surface area contributed by atoms with Crippen LogP contribution in [-0.4, -0.2) is 30.6 Å². The SMILES string of the molecule is COc1ccc(C2=NN(S(=O)(=O)c3ccccc3)C(c3cccc([N+](=O)[O-])c3)C2)cc1. The minimum Gasteiger partial charge on any atom is -0.497 e. The number of non-ortho nitro benzene ring substituents is 1. The number of hydrogen-bond donors (Lipinski definition) is 0. The number of nitro benzene ring substituents is 1. The number of hydrazone groups is 1. The highest BCUT2D eigenvalue weighted by Gasteiger charge is 2.38. The van der Waals surface area contributed by atoms with Gasteiger partial charge < -0.3 is 4.74 Å². The van der Waals surface area contributed by atoms with Gasteiger partial charge in [-0.2, -0.15) is 17.9 Å². The summed E-state index contributed by atoms with van der Waals surface area (Å²) in [6.45, 7) is 0. The molecule has 8 nitrogen and oxygen atoms in total. The van der Waals surface area contributed by atoms with Crippen molar-refractivity contribution in [2.45, 2.75) is 17.4 Å². The maximum absolute atomic E-state index is 13.4. The number of benzene rings is 3. The molecule has 0 radical (unpaired) electrons. The van der Waals surface area contributed by atoms with E-state index in [0.717, 1.165) is 9.98 Å². The average molecular weight is 437 g/mol. The summed E-state index contributed by atoms with van der Waals surface area (Å²) in [5.74, 6) is 0.673. The third kappa shape index (κ3) is 3.99. The third-order valence-electron chi connectivity index (χ3n) is 5.05. The number of methoxy groups -OCH3 is 1. The second-order valence-corrected chi connectivity index (χ2v) is 8.73. The Hall–Kier alpha value is -3.72. The van der Waals surface area contributed by atoms with E-state index in [0.29, 0.717) is 17.0 Å². The molecule has 158 valence electrons. The van der Waals surface area contributed by atoms with Crippen LogP contribution in [0.1, 0.15) is 23.6 Å². The van der Waals surface area contributed by atoms with Gasteiger partial charge in [-0.25, -0.2) is 0 Å². The van der Waals surface area contributed by atoms with Gasteiger partial charge in [0.15, 0.2) is 0 Å². The van der Waals surface area contributed by atoms with Crippen molar-refractivity contribution >= 4 is 21.4 Å². The first-order valence-corrected chi connectivity index (χ1v) is 10.9. The molecule has 0 fully saturated rings. The number of rotatable bonds is 6. The van der Waals surface area contributed by atoms with E-state index in [-0.39, 0.29) is 17.0 Å². The summed E-state index contributed by atoms with van der Waals surface area (Å²) in [5, 5.41) is 15.7. The van der Waals surface area contributed by atoms with E-state index in [4.69, 9.17) is 4.74 Å². The summed E-state index contributed by atoms with van der Waals surface area (Å²) in [6.07, 6.45) is 0.277. The Morgan fingerprint density at radius 2 is 1.74 bits per heavy atom. The smallest absolute Gasteiger partial charge is 0.279 e. The molecule has 1 heterocycles. The van der Waals surface area contributed by atoms with Crippen LogP contribution in [0.2, 0.25) is 0 Å². The van der Waals surface area contributed by atoms with E-state index in [1.807, 2.05) is 0 Å². The molecule has 0 saturated carbocycles. The van der Waals surface area contributed by atoms with Crippen LogP contribution in [0.15, 0.2) is 88.9 Å². The van der Waals surface area contributed by atoms with Crippen LogP contribution in [0, 0.1) is 10.1 Å². The van der Waals surface area contributed by atoms with Crippen molar-refractivity contribution in [2.75, 3.05) is 7.11 Å². The molecule has 0 aliphatic carbocycles. The molecular formula is C22H19N3O5S. The van der Waals surface area contributed by atoms with Crippen LogP contribution in [0.25, 0.3) is 0 Å². The van der Waals surface area contributed by atoms with E-state index in [2.05, 4.69) is 5.10 Å². The second kappa shape index (κ2) is 8.19. The van der Waals surface area contributed by atoms with Gasteiger partial charge in [0, 0.05) is 18.6 Å². The van der Waals surface area contributed by atoms with Gasteiger partial charge in [-0.05, 0) is 47.5 Å². The Morgan fingerprint density at radius 1 is 1.03 bits per heavy atom. The topological polar surface area (TPSA) is 102 Å². The summed E-state index contributed by atoms with van der Waals surface area (Å²) in [6, 6.07) is 20.5. The first kappa shape index (κ1) is 20.5. The molecule has 1 unspecified atom stereocenters. The Balaban J connectivity index is 1.80. The summed E-state index contributed by atoms with van der Waals surface area (Å²) in [4.78, 5) is 10.8. The number of hydrogen-bond acceptors (Lipinski definition) is 6. The predicted octanol–water partition coefficient (Wildman–Crippen LogP) is 4.14. The van der Waals surface area contributed by atoms with E-state index in [9.17, 15) is 18.5 Å². The standard InChI is InChI=1S/C22H19N3O5S/c1-30-19-12-10-16(11-13-19)21-15-22(17-6-5-7-18(14-17)25(26)27)24(23-21)31(28,29)20-8-3-2-4-9-20/h2-14,22H,15H2,1H3. The zero-order valence-electron chi connectivity index (χ0n) is 16.6. The lowest BCUT2D eigenvalue weighted by Gasteiger charge is -2.23. The first-order chi connectivity index (χ1) is 14.9. The van der Waals surface area contributed by atoms with Crippen LogP contribution < -0.4 is 4.74 Å². The van der Waals surface area contributed by atoms with E-state index in [1.54, 1.807) is 61.7 Å². The molecule has 9 heteroatoms. The van der Waals surface area contributed by atoms with Crippen LogP contribution in [0.4, 0.5) is 5.69 Å². The molecule has 0 amide bonds. The van der Waals surface area contributed by atoms with Crippen molar-refractivity contribution in [3.8, 4) is 5.75 Å². The molecule has 3 aromatic rings. The quantitative estimate of drug-likeness (QED) is 0.426. The number of nitro groups is 1. The number of sulfonamides is 1. The fourth-order valence-corrected chi connectivity index (χ4v) is 4.92. The van der Waals surface area contributed by atoms with Crippen molar-refractivity contribution in [3.63, 3.8) is 0 Å². The van der Waals surface area contributed by atoms with Gasteiger partial charge in [-0.15, -0.1) is 0 Å². The molecule has 1 aliphatic rings. The summed E-state index contributed by atoms with van der Waals surface area (Å²) in [7, 11) is -2.41. The van der Waals surface area contributed by atoms with Crippen molar-refractivity contribution < 1.29 is 18.1 Å². The number of nitrogens with zero attached hydrogens (tertiary/aromatic N) is 3. The molecule has 0 aromatic heterocycles. The lowest BCUT2D eigenvalue weighted by molar-refractivity contribution is -0.384. The van der Waals surface area contributed by atoms with Gasteiger partial charge in [0.05, 0.1) is 28.7 Å². The molecule has 0 saturated heterocycles. The highest BCUT2D eigenvalue weighted by atomic mass is 32.2. The molecule has 0 spiro atoms. The molecule has 0 bridgehead atoms. The average Bonchev–Trinajstić information content (AvgIpc) is 3.26. The molecule has 4 rings (SSSR count). The Labute approximate surface area is 179 Å². The maximum Gasteiger partial charge on any atom is 0.279 e. The Bertz CT molecular complexity index is 1240. The van der Waals surface area contributed by atoms with Gasteiger partial charge in [0.1, 0.15) is 5.75 Å². The molecule has 31 heavy (non-hydrogen) atoms. The van der Waals surface area contributed by atoms with Crippen LogP contribution >= 0.6 is 0 Å². The molecule has 1 atom stereocenters. The molecule has 1 aliphatic heterocycles. The largest absolute Gasteiger partial charge is 0.497 e. The van der Waals surface area contributed by atoms with Crippen molar-refractivity contribution in [3.05, 3.63) is 100 Å².